The first-order chi connectivity index (χ1) is 14.1. The molecule has 0 aliphatic rings. The van der Waals surface area contributed by atoms with Crippen LogP contribution in [0.1, 0.15) is 47.1 Å². The number of esters is 1. The maximum atomic E-state index is 13.4. The molecule has 7 heteroatoms. The van der Waals surface area contributed by atoms with Gasteiger partial charge in [0.15, 0.2) is 0 Å². The molecule has 0 fully saturated rings. The van der Waals surface area contributed by atoms with Gasteiger partial charge in [0.2, 0.25) is 0 Å². The Kier molecular flexibility index (Phi) is 5.73. The molecule has 0 atom stereocenters. The summed E-state index contributed by atoms with van der Waals surface area (Å²) in [5, 5.41) is 7.23. The highest BCUT2D eigenvalue weighted by atomic mass is 19.1. The molecule has 2 aromatic carbocycles. The van der Waals surface area contributed by atoms with Crippen LogP contribution in [0.25, 0.3) is 11.3 Å². The Labute approximate surface area is 174 Å². The van der Waals surface area contributed by atoms with E-state index in [2.05, 4.69) is 10.4 Å². The number of methoxy groups -OCH3 is 1. The second kappa shape index (κ2) is 8.10. The van der Waals surface area contributed by atoms with Gasteiger partial charge in [-0.3, -0.25) is 9.48 Å². The highest BCUT2D eigenvalue weighted by Crippen LogP contribution is 2.30. The molecule has 1 aromatic heterocycles. The number of ether oxygens (including phenoxy) is 1. The molecule has 3 rings (SSSR count). The zero-order valence-corrected chi connectivity index (χ0v) is 17.6. The summed E-state index contributed by atoms with van der Waals surface area (Å²) >= 11 is 0. The van der Waals surface area contributed by atoms with Gasteiger partial charge in [0.1, 0.15) is 5.82 Å². The number of rotatable bonds is 4. The van der Waals surface area contributed by atoms with Gasteiger partial charge in [0.25, 0.3) is 5.91 Å². The second-order valence-corrected chi connectivity index (χ2v) is 7.97. The Hall–Kier alpha value is -3.48. The summed E-state index contributed by atoms with van der Waals surface area (Å²) in [6, 6.07) is 11.0. The van der Waals surface area contributed by atoms with Crippen molar-refractivity contribution in [1.29, 1.82) is 0 Å². The third-order valence-corrected chi connectivity index (χ3v) is 4.67. The standard InChI is InChI=1S/C23H24FN3O3/c1-14-6-11-17(12-18(14)22(29)30-5)26-21(28)19-13-25-27(23(2,3)4)20(19)15-7-9-16(24)10-8-15/h6-13H,1-5H3,(H,26,28). The molecule has 0 aliphatic heterocycles. The summed E-state index contributed by atoms with van der Waals surface area (Å²) in [5.74, 6) is -1.22. The van der Waals surface area contributed by atoms with E-state index in [1.54, 1.807) is 41.9 Å². The average Bonchev–Trinajstić information content (AvgIpc) is 3.15. The van der Waals surface area contributed by atoms with Crippen LogP contribution in [0.15, 0.2) is 48.7 Å². The highest BCUT2D eigenvalue weighted by Gasteiger charge is 2.25. The number of halogens is 1. The molecule has 0 unspecified atom stereocenters. The topological polar surface area (TPSA) is 73.2 Å². The fourth-order valence-corrected chi connectivity index (χ4v) is 3.14. The van der Waals surface area contributed by atoms with E-state index in [1.165, 1.54) is 25.4 Å². The third kappa shape index (κ3) is 4.25. The lowest BCUT2D eigenvalue weighted by molar-refractivity contribution is 0.0599. The van der Waals surface area contributed by atoms with E-state index in [1.807, 2.05) is 20.8 Å². The van der Waals surface area contributed by atoms with Crippen molar-refractivity contribution >= 4 is 17.6 Å². The van der Waals surface area contributed by atoms with E-state index in [0.29, 0.717) is 28.1 Å². The second-order valence-electron chi connectivity index (χ2n) is 7.97. The fraction of sp³-hybridized carbons (Fsp3) is 0.261. The van der Waals surface area contributed by atoms with Crippen molar-refractivity contribution in [3.63, 3.8) is 0 Å². The molecule has 0 aliphatic carbocycles. The largest absolute Gasteiger partial charge is 0.465 e. The number of anilines is 1. The number of aryl methyl sites for hydroxylation is 1. The molecule has 0 saturated carbocycles. The molecule has 156 valence electrons. The van der Waals surface area contributed by atoms with Crippen molar-refractivity contribution in [1.82, 2.24) is 9.78 Å². The summed E-state index contributed by atoms with van der Waals surface area (Å²) in [4.78, 5) is 25.0. The Morgan fingerprint density at radius 1 is 1.07 bits per heavy atom. The van der Waals surface area contributed by atoms with Crippen molar-refractivity contribution in [2.45, 2.75) is 33.2 Å². The van der Waals surface area contributed by atoms with E-state index in [4.69, 9.17) is 4.74 Å². The average molecular weight is 409 g/mol. The molecule has 3 aromatic rings. The summed E-state index contributed by atoms with van der Waals surface area (Å²) in [5.41, 5.74) is 2.78. The van der Waals surface area contributed by atoms with E-state index >= 15 is 0 Å². The van der Waals surface area contributed by atoms with Gasteiger partial charge in [-0.2, -0.15) is 5.10 Å². The summed E-state index contributed by atoms with van der Waals surface area (Å²) in [6.07, 6.45) is 1.49. The Bertz CT molecular complexity index is 1100. The first-order valence-electron chi connectivity index (χ1n) is 9.46. The molecule has 0 saturated heterocycles. The van der Waals surface area contributed by atoms with Gasteiger partial charge >= 0.3 is 5.97 Å². The first-order valence-corrected chi connectivity index (χ1v) is 9.46. The number of carbonyl (C=O) groups is 2. The summed E-state index contributed by atoms with van der Waals surface area (Å²) < 4.78 is 20.0. The molecule has 1 amide bonds. The van der Waals surface area contributed by atoms with Crippen molar-refractivity contribution in [3.8, 4) is 11.3 Å². The summed E-state index contributed by atoms with van der Waals surface area (Å²) in [7, 11) is 1.31. The number of carbonyl (C=O) groups excluding carboxylic acids is 2. The SMILES string of the molecule is COC(=O)c1cc(NC(=O)c2cnn(C(C)(C)C)c2-c2ccc(F)cc2)ccc1C. The zero-order valence-electron chi connectivity index (χ0n) is 17.6. The van der Waals surface area contributed by atoms with Gasteiger partial charge in [-0.05, 0) is 69.7 Å². The maximum Gasteiger partial charge on any atom is 0.338 e. The quantitative estimate of drug-likeness (QED) is 0.629. The third-order valence-electron chi connectivity index (χ3n) is 4.67. The van der Waals surface area contributed by atoms with Crippen LogP contribution in [-0.4, -0.2) is 28.8 Å². The molecule has 6 nitrogen and oxygen atoms in total. The predicted octanol–water partition coefficient (Wildman–Crippen LogP) is 4.79. The molecular formula is C23H24FN3O3. The van der Waals surface area contributed by atoms with Crippen LogP contribution in [0.2, 0.25) is 0 Å². The Morgan fingerprint density at radius 2 is 1.73 bits per heavy atom. The molecule has 0 spiro atoms. The predicted molar refractivity (Wildman–Crippen MR) is 113 cm³/mol. The lowest BCUT2D eigenvalue weighted by Crippen LogP contribution is -2.24. The van der Waals surface area contributed by atoms with Gasteiger partial charge in [-0.1, -0.05) is 6.07 Å². The number of hydrogen-bond acceptors (Lipinski definition) is 4. The van der Waals surface area contributed by atoms with E-state index < -0.39 is 11.5 Å². The van der Waals surface area contributed by atoms with Crippen LogP contribution in [0, 0.1) is 12.7 Å². The minimum Gasteiger partial charge on any atom is -0.465 e. The molecule has 1 heterocycles. The van der Waals surface area contributed by atoms with Crippen LogP contribution >= 0.6 is 0 Å². The minimum atomic E-state index is -0.476. The van der Waals surface area contributed by atoms with Crippen molar-refractivity contribution in [3.05, 3.63) is 71.2 Å². The van der Waals surface area contributed by atoms with Gasteiger partial charge in [0.05, 0.1) is 35.7 Å². The van der Waals surface area contributed by atoms with Crippen molar-refractivity contribution < 1.29 is 18.7 Å². The van der Waals surface area contributed by atoms with Crippen LogP contribution in [0.4, 0.5) is 10.1 Å². The van der Waals surface area contributed by atoms with Crippen LogP contribution in [0.3, 0.4) is 0 Å². The lowest BCUT2D eigenvalue weighted by Gasteiger charge is -2.23. The number of nitrogens with one attached hydrogen (secondary N) is 1. The maximum absolute atomic E-state index is 13.4. The first kappa shape index (κ1) is 21.2. The monoisotopic (exact) mass is 409 g/mol. The van der Waals surface area contributed by atoms with Crippen LogP contribution < -0.4 is 5.32 Å². The summed E-state index contributed by atoms with van der Waals surface area (Å²) in [6.45, 7) is 7.70. The fourth-order valence-electron chi connectivity index (χ4n) is 3.14. The van der Waals surface area contributed by atoms with Crippen LogP contribution in [-0.2, 0) is 10.3 Å². The molecule has 0 radical (unpaired) electrons. The number of hydrogen-bond donors (Lipinski definition) is 1. The van der Waals surface area contributed by atoms with Crippen molar-refractivity contribution in [2.24, 2.45) is 0 Å². The molecular weight excluding hydrogens is 385 g/mol. The van der Waals surface area contributed by atoms with E-state index in [0.717, 1.165) is 5.56 Å². The molecule has 30 heavy (non-hydrogen) atoms. The van der Waals surface area contributed by atoms with E-state index in [-0.39, 0.29) is 11.7 Å². The lowest BCUT2D eigenvalue weighted by atomic mass is 10.0. The van der Waals surface area contributed by atoms with Gasteiger partial charge in [-0.25, -0.2) is 9.18 Å². The van der Waals surface area contributed by atoms with Crippen LogP contribution in [0.5, 0.6) is 0 Å². The number of amides is 1. The Balaban J connectivity index is 2.02. The Morgan fingerprint density at radius 3 is 2.33 bits per heavy atom. The van der Waals surface area contributed by atoms with Crippen molar-refractivity contribution in [2.75, 3.05) is 12.4 Å². The van der Waals surface area contributed by atoms with Gasteiger partial charge in [0, 0.05) is 11.3 Å². The number of nitrogens with zero attached hydrogens (tertiary/aromatic N) is 2. The number of benzene rings is 2. The molecule has 1 N–H and O–H groups in total. The van der Waals surface area contributed by atoms with Gasteiger partial charge < -0.3 is 10.1 Å². The minimum absolute atomic E-state index is 0.344. The smallest absolute Gasteiger partial charge is 0.338 e. The van der Waals surface area contributed by atoms with E-state index in [9.17, 15) is 14.0 Å². The number of aromatic nitrogens is 2. The molecule has 0 bridgehead atoms. The zero-order chi connectivity index (χ0) is 22.1. The highest BCUT2D eigenvalue weighted by molar-refractivity contribution is 6.08. The van der Waals surface area contributed by atoms with Gasteiger partial charge in [-0.15, -0.1) is 0 Å². The normalized spacial score (nSPS) is 11.3.